The van der Waals surface area contributed by atoms with E-state index in [1.807, 2.05) is 20.8 Å². The third-order valence-corrected chi connectivity index (χ3v) is 6.63. The van der Waals surface area contributed by atoms with Crippen LogP contribution in [0.3, 0.4) is 0 Å². The molecule has 0 bridgehead atoms. The molecule has 4 heteroatoms. The quantitative estimate of drug-likeness (QED) is 0.370. The summed E-state index contributed by atoms with van der Waals surface area (Å²) in [7, 11) is -2.51. The molecule has 0 atom stereocenters. The average molecular weight is 315 g/mol. The monoisotopic (exact) mass is 314 g/mol. The summed E-state index contributed by atoms with van der Waals surface area (Å²) in [4.78, 5) is 0. The third-order valence-electron chi connectivity index (χ3n) is 3.58. The van der Waals surface area contributed by atoms with E-state index in [1.54, 1.807) is 0 Å². The molecule has 0 aromatic heterocycles. The molecule has 3 nitrogen and oxygen atoms in total. The highest BCUT2D eigenvalue weighted by molar-refractivity contribution is 6.60. The van der Waals surface area contributed by atoms with Crippen LogP contribution in [-0.4, -0.2) is 28.6 Å². The molecule has 21 heavy (non-hydrogen) atoms. The lowest BCUT2D eigenvalue weighted by Gasteiger charge is -2.28. The van der Waals surface area contributed by atoms with E-state index < -0.39 is 8.80 Å². The van der Waals surface area contributed by atoms with Gasteiger partial charge in [0.2, 0.25) is 0 Å². The Kier molecular flexibility index (Phi) is 11.0. The fourth-order valence-corrected chi connectivity index (χ4v) is 4.73. The SMILES string of the molecule is C=C(CCC(C)=C(C)C)CC[Si](OCC)(OCC)OCC. The van der Waals surface area contributed by atoms with E-state index >= 15 is 0 Å². The van der Waals surface area contributed by atoms with Crippen molar-refractivity contribution >= 4 is 8.80 Å². The summed E-state index contributed by atoms with van der Waals surface area (Å²) in [5.41, 5.74) is 4.12. The van der Waals surface area contributed by atoms with Crippen molar-refractivity contribution in [3.8, 4) is 0 Å². The Hall–Kier alpha value is -0.423. The molecule has 0 heterocycles. The van der Waals surface area contributed by atoms with Crippen LogP contribution in [0.25, 0.3) is 0 Å². The van der Waals surface area contributed by atoms with Gasteiger partial charge in [-0.3, -0.25) is 0 Å². The van der Waals surface area contributed by atoms with Crippen LogP contribution < -0.4 is 0 Å². The highest BCUT2D eigenvalue weighted by Gasteiger charge is 2.39. The average Bonchev–Trinajstić information content (AvgIpc) is 2.43. The van der Waals surface area contributed by atoms with Crippen molar-refractivity contribution in [1.82, 2.24) is 0 Å². The molecule has 0 saturated carbocycles. The predicted octanol–water partition coefficient (Wildman–Crippen LogP) is 5.12. The number of hydrogen-bond acceptors (Lipinski definition) is 3. The third kappa shape index (κ3) is 8.56. The van der Waals surface area contributed by atoms with Gasteiger partial charge in [-0.1, -0.05) is 23.3 Å². The molecule has 0 aliphatic carbocycles. The first kappa shape index (κ1) is 20.6. The van der Waals surface area contributed by atoms with Gasteiger partial charge in [-0.25, -0.2) is 0 Å². The lowest BCUT2D eigenvalue weighted by Crippen LogP contribution is -2.45. The van der Waals surface area contributed by atoms with E-state index in [-0.39, 0.29) is 0 Å². The Balaban J connectivity index is 4.45. The highest BCUT2D eigenvalue weighted by atomic mass is 28.4. The van der Waals surface area contributed by atoms with Crippen LogP contribution in [0.2, 0.25) is 6.04 Å². The first-order valence-electron chi connectivity index (χ1n) is 8.12. The number of rotatable bonds is 12. The summed E-state index contributed by atoms with van der Waals surface area (Å²) in [5, 5.41) is 0. The van der Waals surface area contributed by atoms with E-state index in [0.29, 0.717) is 19.8 Å². The first-order valence-corrected chi connectivity index (χ1v) is 10.0. The fraction of sp³-hybridized carbons (Fsp3) is 0.765. The van der Waals surface area contributed by atoms with Crippen LogP contribution in [0, 0.1) is 0 Å². The predicted molar refractivity (Wildman–Crippen MR) is 92.5 cm³/mol. The van der Waals surface area contributed by atoms with Crippen LogP contribution in [-0.2, 0) is 13.3 Å². The molecular formula is C17H34O3Si. The van der Waals surface area contributed by atoms with Crippen LogP contribution in [0.4, 0.5) is 0 Å². The lowest BCUT2D eigenvalue weighted by molar-refractivity contribution is 0.0713. The second kappa shape index (κ2) is 11.2. The van der Waals surface area contributed by atoms with Gasteiger partial charge in [-0.15, -0.1) is 0 Å². The van der Waals surface area contributed by atoms with Crippen molar-refractivity contribution in [2.24, 2.45) is 0 Å². The lowest BCUT2D eigenvalue weighted by atomic mass is 10.0. The zero-order valence-corrected chi connectivity index (χ0v) is 15.9. The second-order valence-corrected chi connectivity index (χ2v) is 8.24. The maximum absolute atomic E-state index is 5.87. The smallest absolute Gasteiger partial charge is 0.374 e. The minimum absolute atomic E-state index is 0.634. The normalized spacial score (nSPS) is 11.5. The van der Waals surface area contributed by atoms with E-state index in [2.05, 4.69) is 27.4 Å². The van der Waals surface area contributed by atoms with Gasteiger partial charge in [0.1, 0.15) is 0 Å². The van der Waals surface area contributed by atoms with Gasteiger partial charge in [-0.05, 0) is 60.8 Å². The molecule has 0 aromatic rings. The molecule has 0 radical (unpaired) electrons. The zero-order valence-electron chi connectivity index (χ0n) is 14.9. The van der Waals surface area contributed by atoms with Gasteiger partial charge in [-0.2, -0.15) is 0 Å². The Bertz CT molecular complexity index is 316. The van der Waals surface area contributed by atoms with Gasteiger partial charge in [0.05, 0.1) is 0 Å². The van der Waals surface area contributed by atoms with Gasteiger partial charge in [0.25, 0.3) is 0 Å². The van der Waals surface area contributed by atoms with Crippen molar-refractivity contribution in [3.05, 3.63) is 23.3 Å². The molecule has 0 aliphatic rings. The Morgan fingerprint density at radius 2 is 1.29 bits per heavy atom. The molecule has 0 rings (SSSR count). The molecule has 124 valence electrons. The van der Waals surface area contributed by atoms with E-state index in [0.717, 1.165) is 25.3 Å². The summed E-state index contributed by atoms with van der Waals surface area (Å²) < 4.78 is 17.6. The van der Waals surface area contributed by atoms with Crippen molar-refractivity contribution in [2.75, 3.05) is 19.8 Å². The molecule has 0 N–H and O–H groups in total. The summed E-state index contributed by atoms with van der Waals surface area (Å²) >= 11 is 0. The summed E-state index contributed by atoms with van der Waals surface area (Å²) in [5.74, 6) is 0. The molecule has 0 aromatic carbocycles. The zero-order chi connectivity index (χ0) is 16.3. The summed E-state index contributed by atoms with van der Waals surface area (Å²) in [6.45, 7) is 18.6. The molecule has 0 fully saturated rings. The maximum Gasteiger partial charge on any atom is 0.501 e. The second-order valence-electron chi connectivity index (χ2n) is 5.51. The molecule has 0 saturated heterocycles. The topological polar surface area (TPSA) is 27.7 Å². The fourth-order valence-electron chi connectivity index (χ4n) is 2.07. The molecule has 0 amide bonds. The van der Waals surface area contributed by atoms with Crippen LogP contribution >= 0.6 is 0 Å². The van der Waals surface area contributed by atoms with Gasteiger partial charge < -0.3 is 13.3 Å². The van der Waals surface area contributed by atoms with Crippen molar-refractivity contribution < 1.29 is 13.3 Å². The first-order chi connectivity index (χ1) is 9.90. The van der Waals surface area contributed by atoms with Crippen LogP contribution in [0.1, 0.15) is 60.8 Å². The number of allylic oxidation sites excluding steroid dienone is 3. The van der Waals surface area contributed by atoms with E-state index in [1.165, 1.54) is 16.7 Å². The van der Waals surface area contributed by atoms with Crippen molar-refractivity contribution in [1.29, 1.82) is 0 Å². The van der Waals surface area contributed by atoms with E-state index in [4.69, 9.17) is 13.3 Å². The maximum atomic E-state index is 5.87. The van der Waals surface area contributed by atoms with E-state index in [9.17, 15) is 0 Å². The Labute approximate surface area is 132 Å². The minimum atomic E-state index is -2.51. The standard InChI is InChI=1S/C17H34O3Si/c1-8-18-21(19-9-2,20-10-3)14-13-16(6)11-12-17(7)15(4)5/h6,8-14H2,1-5,7H3. The molecule has 0 unspecified atom stereocenters. The van der Waals surface area contributed by atoms with Crippen molar-refractivity contribution in [2.45, 2.75) is 66.8 Å². The Morgan fingerprint density at radius 1 is 0.810 bits per heavy atom. The largest absolute Gasteiger partial charge is 0.501 e. The van der Waals surface area contributed by atoms with Gasteiger partial charge >= 0.3 is 8.80 Å². The molecular weight excluding hydrogens is 280 g/mol. The van der Waals surface area contributed by atoms with Crippen LogP contribution in [0.5, 0.6) is 0 Å². The minimum Gasteiger partial charge on any atom is -0.374 e. The Morgan fingerprint density at radius 3 is 1.67 bits per heavy atom. The number of hydrogen-bond donors (Lipinski definition) is 0. The van der Waals surface area contributed by atoms with Gasteiger partial charge in [0, 0.05) is 25.9 Å². The van der Waals surface area contributed by atoms with Crippen LogP contribution in [0.15, 0.2) is 23.3 Å². The highest BCUT2D eigenvalue weighted by Crippen LogP contribution is 2.23. The summed E-state index contributed by atoms with van der Waals surface area (Å²) in [6, 6.07) is 0.829. The summed E-state index contributed by atoms with van der Waals surface area (Å²) in [6.07, 6.45) is 3.04. The van der Waals surface area contributed by atoms with Crippen molar-refractivity contribution in [3.63, 3.8) is 0 Å². The molecule has 0 spiro atoms. The molecule has 0 aliphatic heterocycles. The van der Waals surface area contributed by atoms with Gasteiger partial charge in [0.15, 0.2) is 0 Å².